The lowest BCUT2D eigenvalue weighted by Crippen LogP contribution is -2.06. The normalized spacial score (nSPS) is 14.5. The van der Waals surface area contributed by atoms with E-state index < -0.39 is 0 Å². The van der Waals surface area contributed by atoms with E-state index in [1.54, 1.807) is 0 Å². The molecule has 2 rings (SSSR count). The lowest BCUT2D eigenvalue weighted by atomic mass is 10.0. The van der Waals surface area contributed by atoms with Gasteiger partial charge in [-0.1, -0.05) is 54.6 Å². The highest BCUT2D eigenvalue weighted by Crippen LogP contribution is 2.28. The fourth-order valence-electron chi connectivity index (χ4n) is 1.76. The highest BCUT2D eigenvalue weighted by atomic mass is 35.5. The first kappa shape index (κ1) is 12.7. The third-order valence-corrected chi connectivity index (χ3v) is 4.84. The molecule has 0 aromatic heterocycles. The molecule has 0 saturated carbocycles. The molecule has 88 valence electrons. The monoisotopic (exact) mass is 280 g/mol. The van der Waals surface area contributed by atoms with Gasteiger partial charge in [-0.05, 0) is 16.7 Å². The number of halogens is 2. The van der Waals surface area contributed by atoms with Crippen LogP contribution < -0.4 is 0 Å². The zero-order chi connectivity index (χ0) is 12.3. The van der Waals surface area contributed by atoms with Gasteiger partial charge in [-0.2, -0.15) is 0 Å². The summed E-state index contributed by atoms with van der Waals surface area (Å²) in [6, 6.07) is 18.6. The number of hydrogen-bond donors (Lipinski definition) is 0. The lowest BCUT2D eigenvalue weighted by Gasteiger charge is -2.12. The molecule has 2 aromatic carbocycles. The van der Waals surface area contributed by atoms with Crippen LogP contribution in [0.1, 0.15) is 10.9 Å². The first-order chi connectivity index (χ1) is 8.18. The van der Waals surface area contributed by atoms with Crippen molar-refractivity contribution in [3.8, 4) is 11.1 Å². The Kier molecular flexibility index (Phi) is 4.27. The summed E-state index contributed by atoms with van der Waals surface area (Å²) in [5, 5.41) is -0.00704. The van der Waals surface area contributed by atoms with Gasteiger partial charge in [0.2, 0.25) is 0 Å². The summed E-state index contributed by atoms with van der Waals surface area (Å²) >= 11 is 12.3. The fourth-order valence-corrected chi connectivity index (χ4v) is 2.43. The maximum Gasteiger partial charge on any atom is 0.0712 e. The molecule has 0 fully saturated rings. The molecule has 0 heterocycles. The molecule has 2 atom stereocenters. The highest BCUT2D eigenvalue weighted by Gasteiger charge is 2.13. The molecule has 0 aliphatic carbocycles. The molecule has 0 bridgehead atoms. The maximum atomic E-state index is 6.24. The third-order valence-electron chi connectivity index (χ3n) is 2.74. The van der Waals surface area contributed by atoms with Gasteiger partial charge in [0, 0.05) is 15.2 Å². The second-order valence-electron chi connectivity index (χ2n) is 4.07. The van der Waals surface area contributed by atoms with Crippen LogP contribution in [0.2, 0.25) is 0 Å². The largest absolute Gasteiger partial charge is 0.126 e. The van der Waals surface area contributed by atoms with Crippen LogP contribution in [0.25, 0.3) is 11.1 Å². The average Bonchev–Trinajstić information content (AvgIpc) is 2.39. The molecule has 17 heavy (non-hydrogen) atoms. The van der Waals surface area contributed by atoms with Gasteiger partial charge < -0.3 is 0 Å². The molecule has 2 aromatic rings. The summed E-state index contributed by atoms with van der Waals surface area (Å²) in [6.07, 6.45) is 0. The molecule has 0 nitrogen and oxygen atoms in total. The Hall–Kier alpha value is -0.763. The summed E-state index contributed by atoms with van der Waals surface area (Å²) in [6.45, 7) is 0. The molecule has 0 radical (unpaired) electrons. The van der Waals surface area contributed by atoms with Gasteiger partial charge in [-0.25, -0.2) is 0 Å². The van der Waals surface area contributed by atoms with Crippen LogP contribution in [0.15, 0.2) is 54.6 Å². The van der Waals surface area contributed by atoms with Crippen molar-refractivity contribution < 1.29 is 0 Å². The SMILES string of the molecule is [SiH3]C(Cl)C(Cl)c1ccc(-c2ccccc2)cc1. The van der Waals surface area contributed by atoms with Crippen LogP contribution >= 0.6 is 23.2 Å². The first-order valence-electron chi connectivity index (χ1n) is 5.62. The lowest BCUT2D eigenvalue weighted by molar-refractivity contribution is 1.03. The van der Waals surface area contributed by atoms with Crippen LogP contribution in [0, 0.1) is 0 Å². The Bertz CT molecular complexity index is 465. The minimum absolute atomic E-state index is 0.0687. The summed E-state index contributed by atoms with van der Waals surface area (Å²) in [5.74, 6) is 0. The molecule has 0 aliphatic rings. The predicted molar refractivity (Wildman–Crippen MR) is 80.1 cm³/mol. The zero-order valence-electron chi connectivity index (χ0n) is 9.61. The molecule has 0 N–H and O–H groups in total. The summed E-state index contributed by atoms with van der Waals surface area (Å²) in [5.41, 5.74) is 3.53. The molecule has 0 saturated heterocycles. The summed E-state index contributed by atoms with van der Waals surface area (Å²) in [4.78, 5) is 0. The second kappa shape index (κ2) is 5.72. The Morgan fingerprint density at radius 2 is 1.29 bits per heavy atom. The second-order valence-corrected chi connectivity index (χ2v) is 7.20. The van der Waals surface area contributed by atoms with Gasteiger partial charge in [0.05, 0.1) is 5.38 Å². The molecule has 0 spiro atoms. The van der Waals surface area contributed by atoms with Gasteiger partial charge in [-0.3, -0.25) is 0 Å². The van der Waals surface area contributed by atoms with Crippen molar-refractivity contribution in [3.63, 3.8) is 0 Å². The third kappa shape index (κ3) is 3.12. The number of alkyl halides is 2. The smallest absolute Gasteiger partial charge is 0.0712 e. The van der Waals surface area contributed by atoms with Gasteiger partial charge in [-0.15, -0.1) is 23.2 Å². The molecule has 0 aliphatic heterocycles. The molecule has 2 unspecified atom stereocenters. The fraction of sp³-hybridized carbons (Fsp3) is 0.143. The van der Waals surface area contributed by atoms with Gasteiger partial charge in [0.25, 0.3) is 0 Å². The molecule has 0 amide bonds. The van der Waals surface area contributed by atoms with Crippen molar-refractivity contribution in [1.29, 1.82) is 0 Å². The van der Waals surface area contributed by atoms with Crippen molar-refractivity contribution in [3.05, 3.63) is 60.2 Å². The van der Waals surface area contributed by atoms with E-state index in [0.29, 0.717) is 0 Å². The van der Waals surface area contributed by atoms with Crippen LogP contribution in [0.3, 0.4) is 0 Å². The summed E-state index contributed by atoms with van der Waals surface area (Å²) in [7, 11) is 0.895. The predicted octanol–water partition coefficient (Wildman–Crippen LogP) is 3.56. The van der Waals surface area contributed by atoms with Gasteiger partial charge in [0.15, 0.2) is 0 Å². The topological polar surface area (TPSA) is 0 Å². The van der Waals surface area contributed by atoms with Crippen LogP contribution in [-0.2, 0) is 0 Å². The molecular formula is C14H14Cl2Si. The first-order valence-corrected chi connectivity index (χ1v) is 7.65. The van der Waals surface area contributed by atoms with E-state index in [2.05, 4.69) is 36.4 Å². The zero-order valence-corrected chi connectivity index (χ0v) is 13.1. The van der Waals surface area contributed by atoms with Crippen molar-refractivity contribution in [1.82, 2.24) is 0 Å². The van der Waals surface area contributed by atoms with E-state index >= 15 is 0 Å². The number of rotatable bonds is 3. The minimum atomic E-state index is -0.0758. The van der Waals surface area contributed by atoms with Crippen molar-refractivity contribution >= 4 is 33.4 Å². The van der Waals surface area contributed by atoms with E-state index in [1.807, 2.05) is 18.2 Å². The van der Waals surface area contributed by atoms with E-state index in [9.17, 15) is 0 Å². The van der Waals surface area contributed by atoms with Crippen LogP contribution in [0.4, 0.5) is 0 Å². The van der Waals surface area contributed by atoms with Gasteiger partial charge in [0.1, 0.15) is 0 Å². The Morgan fingerprint density at radius 3 is 1.82 bits per heavy atom. The maximum absolute atomic E-state index is 6.24. The van der Waals surface area contributed by atoms with Crippen molar-refractivity contribution in [2.75, 3.05) is 0 Å². The van der Waals surface area contributed by atoms with Crippen molar-refractivity contribution in [2.24, 2.45) is 0 Å². The Morgan fingerprint density at radius 1 is 0.765 bits per heavy atom. The number of benzene rings is 2. The van der Waals surface area contributed by atoms with E-state index in [0.717, 1.165) is 15.8 Å². The van der Waals surface area contributed by atoms with Crippen LogP contribution in [0.5, 0.6) is 0 Å². The Balaban J connectivity index is 2.25. The Labute approximate surface area is 115 Å². The molecule has 3 heteroatoms. The minimum Gasteiger partial charge on any atom is -0.126 e. The standard InChI is InChI=1S/C14H14Cl2Si/c15-13(14(16)17)12-8-6-11(7-9-12)10-4-2-1-3-5-10/h1-9,13-14H,17H3. The van der Waals surface area contributed by atoms with E-state index in [-0.39, 0.29) is 10.4 Å². The number of hydrogen-bond acceptors (Lipinski definition) is 0. The van der Waals surface area contributed by atoms with E-state index in [4.69, 9.17) is 23.2 Å². The van der Waals surface area contributed by atoms with Crippen LogP contribution in [-0.4, -0.2) is 15.2 Å². The van der Waals surface area contributed by atoms with Gasteiger partial charge >= 0.3 is 0 Å². The average molecular weight is 281 g/mol. The van der Waals surface area contributed by atoms with E-state index in [1.165, 1.54) is 11.1 Å². The molecular weight excluding hydrogens is 267 g/mol. The van der Waals surface area contributed by atoms with Crippen molar-refractivity contribution in [2.45, 2.75) is 10.4 Å². The quantitative estimate of drug-likeness (QED) is 0.596. The summed E-state index contributed by atoms with van der Waals surface area (Å²) < 4.78 is 0. The highest BCUT2D eigenvalue weighted by molar-refractivity contribution is 6.45.